The quantitative estimate of drug-likeness (QED) is 0.913. The summed E-state index contributed by atoms with van der Waals surface area (Å²) in [6, 6.07) is 2.94. The monoisotopic (exact) mass is 277 g/mol. The first-order chi connectivity index (χ1) is 9.27. The largest absolute Gasteiger partial charge is 0.327 e. The Bertz CT molecular complexity index is 428. The van der Waals surface area contributed by atoms with Gasteiger partial charge in [0.15, 0.2) is 0 Å². The molecule has 1 heterocycles. The predicted octanol–water partition coefficient (Wildman–Crippen LogP) is 3.80. The van der Waals surface area contributed by atoms with Crippen LogP contribution in [0.5, 0.6) is 0 Å². The zero-order chi connectivity index (χ0) is 14.9. The van der Waals surface area contributed by atoms with Crippen molar-refractivity contribution in [1.29, 1.82) is 0 Å². The summed E-state index contributed by atoms with van der Waals surface area (Å²) in [4.78, 5) is 0. The highest BCUT2D eigenvalue weighted by atomic mass is 15.3. The van der Waals surface area contributed by atoms with Crippen molar-refractivity contribution in [1.82, 2.24) is 9.78 Å². The molecule has 3 heteroatoms. The van der Waals surface area contributed by atoms with Gasteiger partial charge >= 0.3 is 0 Å². The maximum absolute atomic E-state index is 6.36. The highest BCUT2D eigenvalue weighted by Crippen LogP contribution is 2.40. The summed E-state index contributed by atoms with van der Waals surface area (Å²) in [6.45, 7) is 11.4. The summed E-state index contributed by atoms with van der Waals surface area (Å²) in [5.74, 6) is 1.38. The molecule has 2 rings (SSSR count). The van der Waals surface area contributed by atoms with Gasteiger partial charge in [-0.25, -0.2) is 0 Å². The maximum Gasteiger partial charge on any atom is 0.0628 e. The lowest BCUT2D eigenvalue weighted by Crippen LogP contribution is -2.40. The van der Waals surface area contributed by atoms with E-state index >= 15 is 0 Å². The second kappa shape index (κ2) is 5.88. The Kier molecular flexibility index (Phi) is 4.58. The van der Waals surface area contributed by atoms with Gasteiger partial charge in [0.25, 0.3) is 0 Å². The Labute approximate surface area is 123 Å². The molecule has 0 spiro atoms. The van der Waals surface area contributed by atoms with Crippen LogP contribution in [0, 0.1) is 17.3 Å². The summed E-state index contributed by atoms with van der Waals surface area (Å²) < 4.78 is 2.05. The molecule has 1 fully saturated rings. The van der Waals surface area contributed by atoms with Gasteiger partial charge < -0.3 is 5.73 Å². The Morgan fingerprint density at radius 3 is 2.60 bits per heavy atom. The average molecular weight is 277 g/mol. The Morgan fingerprint density at radius 1 is 1.35 bits per heavy atom. The van der Waals surface area contributed by atoms with E-state index in [2.05, 4.69) is 52.0 Å². The summed E-state index contributed by atoms with van der Waals surface area (Å²) in [5, 5.41) is 4.69. The van der Waals surface area contributed by atoms with Gasteiger partial charge in [-0.1, -0.05) is 20.8 Å². The van der Waals surface area contributed by atoms with E-state index in [4.69, 9.17) is 5.73 Å². The number of rotatable bonds is 3. The summed E-state index contributed by atoms with van der Waals surface area (Å²) in [6.07, 6.45) is 6.82. The third-order valence-corrected chi connectivity index (χ3v) is 4.93. The van der Waals surface area contributed by atoms with E-state index in [1.807, 2.05) is 4.68 Å². The topological polar surface area (TPSA) is 43.8 Å². The second-order valence-electron chi connectivity index (χ2n) is 7.88. The molecule has 1 saturated carbocycles. The van der Waals surface area contributed by atoms with E-state index in [-0.39, 0.29) is 0 Å². The van der Waals surface area contributed by atoms with Crippen molar-refractivity contribution in [3.8, 4) is 0 Å². The van der Waals surface area contributed by atoms with E-state index in [1.165, 1.54) is 18.5 Å². The number of aromatic nitrogens is 2. The Balaban J connectivity index is 2.02. The van der Waals surface area contributed by atoms with Crippen molar-refractivity contribution < 1.29 is 0 Å². The lowest BCUT2D eigenvalue weighted by Gasteiger charge is -2.40. The molecule has 0 aliphatic heterocycles. The smallest absolute Gasteiger partial charge is 0.0628 e. The van der Waals surface area contributed by atoms with Crippen LogP contribution in [0.4, 0.5) is 0 Å². The van der Waals surface area contributed by atoms with Crippen LogP contribution in [0.2, 0.25) is 0 Å². The molecule has 1 aromatic rings. The van der Waals surface area contributed by atoms with E-state index < -0.39 is 0 Å². The first-order valence-electron chi connectivity index (χ1n) is 8.07. The Hall–Kier alpha value is -0.830. The maximum atomic E-state index is 6.36. The van der Waals surface area contributed by atoms with Crippen molar-refractivity contribution >= 4 is 0 Å². The highest BCUT2D eigenvalue weighted by Gasteiger charge is 2.34. The van der Waals surface area contributed by atoms with Crippen LogP contribution in [0.25, 0.3) is 0 Å². The predicted molar refractivity (Wildman–Crippen MR) is 84.6 cm³/mol. The fourth-order valence-corrected chi connectivity index (χ4v) is 3.35. The van der Waals surface area contributed by atoms with Crippen molar-refractivity contribution in [3.05, 3.63) is 18.0 Å². The molecule has 1 aromatic heterocycles. The van der Waals surface area contributed by atoms with Crippen molar-refractivity contribution in [3.63, 3.8) is 0 Å². The van der Waals surface area contributed by atoms with E-state index in [9.17, 15) is 0 Å². The zero-order valence-electron chi connectivity index (χ0n) is 13.8. The summed E-state index contributed by atoms with van der Waals surface area (Å²) in [5.41, 5.74) is 7.97. The van der Waals surface area contributed by atoms with E-state index in [0.29, 0.717) is 23.4 Å². The fourth-order valence-electron chi connectivity index (χ4n) is 3.35. The van der Waals surface area contributed by atoms with Gasteiger partial charge in [0.2, 0.25) is 0 Å². The molecule has 0 bridgehead atoms. The van der Waals surface area contributed by atoms with E-state index in [1.54, 1.807) is 0 Å². The molecule has 3 atom stereocenters. The molecule has 1 aliphatic rings. The van der Waals surface area contributed by atoms with Crippen molar-refractivity contribution in [2.24, 2.45) is 23.0 Å². The van der Waals surface area contributed by atoms with Crippen LogP contribution in [0.3, 0.4) is 0 Å². The van der Waals surface area contributed by atoms with Gasteiger partial charge in [-0.05, 0) is 62.8 Å². The zero-order valence-corrected chi connectivity index (χ0v) is 13.8. The van der Waals surface area contributed by atoms with Crippen LogP contribution in [0.15, 0.2) is 12.3 Å². The van der Waals surface area contributed by atoms with Crippen LogP contribution in [-0.2, 0) is 6.42 Å². The molecule has 20 heavy (non-hydrogen) atoms. The Morgan fingerprint density at radius 2 is 2.05 bits per heavy atom. The van der Waals surface area contributed by atoms with Crippen LogP contribution < -0.4 is 5.73 Å². The first-order valence-corrected chi connectivity index (χ1v) is 8.07. The number of hydrogen-bond donors (Lipinski definition) is 1. The first kappa shape index (κ1) is 15.6. The lowest BCUT2D eigenvalue weighted by atomic mass is 9.67. The number of nitrogens with zero attached hydrogens (tertiary/aromatic N) is 2. The number of hydrogen-bond acceptors (Lipinski definition) is 2. The highest BCUT2D eigenvalue weighted by molar-refractivity contribution is 5.03. The molecule has 0 aromatic carbocycles. The van der Waals surface area contributed by atoms with E-state index in [0.717, 1.165) is 18.8 Å². The second-order valence-corrected chi connectivity index (χ2v) is 7.88. The molecule has 1 aliphatic carbocycles. The molecule has 0 amide bonds. The van der Waals surface area contributed by atoms with Crippen molar-refractivity contribution in [2.45, 2.75) is 72.4 Å². The standard InChI is InChI=1S/C17H31N3/c1-12(2)20-9-8-15(19-20)11-13-10-14(17(3,4)5)6-7-16(13)18/h8-9,12-14,16H,6-7,10-11,18H2,1-5H3. The molecule has 3 unspecified atom stereocenters. The minimum absolute atomic E-state index is 0.345. The van der Waals surface area contributed by atoms with Gasteiger partial charge in [0.05, 0.1) is 5.69 Å². The molecule has 0 radical (unpaired) electrons. The van der Waals surface area contributed by atoms with Crippen LogP contribution in [0.1, 0.15) is 65.6 Å². The van der Waals surface area contributed by atoms with Gasteiger partial charge in [0.1, 0.15) is 0 Å². The average Bonchev–Trinajstić information content (AvgIpc) is 2.79. The molecular formula is C17H31N3. The number of nitrogens with two attached hydrogens (primary N) is 1. The van der Waals surface area contributed by atoms with Gasteiger partial charge in [0, 0.05) is 18.3 Å². The third kappa shape index (κ3) is 3.63. The molecule has 2 N–H and O–H groups in total. The minimum Gasteiger partial charge on any atom is -0.327 e. The summed E-state index contributed by atoms with van der Waals surface area (Å²) in [7, 11) is 0. The molecular weight excluding hydrogens is 246 g/mol. The third-order valence-electron chi connectivity index (χ3n) is 4.93. The van der Waals surface area contributed by atoms with Gasteiger partial charge in [-0.3, -0.25) is 4.68 Å². The molecule has 0 saturated heterocycles. The fraction of sp³-hybridized carbons (Fsp3) is 0.824. The molecule has 3 nitrogen and oxygen atoms in total. The minimum atomic E-state index is 0.345. The van der Waals surface area contributed by atoms with Crippen LogP contribution >= 0.6 is 0 Å². The summed E-state index contributed by atoms with van der Waals surface area (Å²) >= 11 is 0. The van der Waals surface area contributed by atoms with Crippen molar-refractivity contribution in [2.75, 3.05) is 0 Å². The SMILES string of the molecule is CC(C)n1ccc(CC2CC(C(C)(C)C)CCC2N)n1. The van der Waals surface area contributed by atoms with Gasteiger partial charge in [-0.15, -0.1) is 0 Å². The van der Waals surface area contributed by atoms with Crippen LogP contribution in [-0.4, -0.2) is 15.8 Å². The normalized spacial score (nSPS) is 28.1. The van der Waals surface area contributed by atoms with Gasteiger partial charge in [-0.2, -0.15) is 5.10 Å². The lowest BCUT2D eigenvalue weighted by molar-refractivity contribution is 0.126. The molecule has 114 valence electrons.